The van der Waals surface area contributed by atoms with Crippen LogP contribution in [0, 0.1) is 12.7 Å². The third kappa shape index (κ3) is 6.52. The highest BCUT2D eigenvalue weighted by Crippen LogP contribution is 2.33. The summed E-state index contributed by atoms with van der Waals surface area (Å²) in [7, 11) is 3.17. The van der Waals surface area contributed by atoms with Gasteiger partial charge in [-0.25, -0.2) is 14.4 Å². The molecule has 0 unspecified atom stereocenters. The van der Waals surface area contributed by atoms with E-state index in [1.807, 2.05) is 24.3 Å². The van der Waals surface area contributed by atoms with Crippen molar-refractivity contribution in [3.8, 4) is 11.5 Å². The molecule has 0 aliphatic heterocycles. The predicted octanol–water partition coefficient (Wildman–Crippen LogP) is 5.23. The molecule has 0 radical (unpaired) electrons. The summed E-state index contributed by atoms with van der Waals surface area (Å²) < 4.78 is 30.5. The van der Waals surface area contributed by atoms with E-state index >= 15 is 0 Å². The summed E-state index contributed by atoms with van der Waals surface area (Å²) in [4.78, 5) is 25.7. The number of fused-ring (bicyclic) bond motifs is 1. The zero-order valence-electron chi connectivity index (χ0n) is 22.7. The number of aryl methyl sites for hydroxylation is 1. The number of benzene rings is 2. The van der Waals surface area contributed by atoms with Gasteiger partial charge in [-0.1, -0.05) is 12.1 Å². The van der Waals surface area contributed by atoms with Crippen LogP contribution in [-0.2, 0) is 16.0 Å². The second kappa shape index (κ2) is 12.7. The SMILES string of the molecule is CCOC(C=Nc1ccc(C)cc1F)=C(N)C(=O)Nc1ccc(Cc2ccnc3cc(OC)c(OC)cc23)cn1. The van der Waals surface area contributed by atoms with Gasteiger partial charge in [0.15, 0.2) is 17.3 Å². The molecular formula is C30H30FN5O4. The smallest absolute Gasteiger partial charge is 0.276 e. The first-order valence-corrected chi connectivity index (χ1v) is 12.5. The molecule has 2 heterocycles. The fourth-order valence-electron chi connectivity index (χ4n) is 3.99. The van der Waals surface area contributed by atoms with Gasteiger partial charge in [0.25, 0.3) is 5.91 Å². The summed E-state index contributed by atoms with van der Waals surface area (Å²) in [6.07, 6.45) is 5.23. The van der Waals surface area contributed by atoms with E-state index in [-0.39, 0.29) is 23.8 Å². The van der Waals surface area contributed by atoms with Gasteiger partial charge in [0.1, 0.15) is 17.3 Å². The molecule has 1 amide bonds. The maximum atomic E-state index is 14.1. The lowest BCUT2D eigenvalue weighted by molar-refractivity contribution is -0.113. The molecule has 0 fully saturated rings. The average molecular weight is 544 g/mol. The van der Waals surface area contributed by atoms with E-state index in [9.17, 15) is 9.18 Å². The van der Waals surface area contributed by atoms with Gasteiger partial charge in [-0.05, 0) is 67.3 Å². The van der Waals surface area contributed by atoms with Gasteiger partial charge in [0.2, 0.25) is 0 Å². The third-order valence-electron chi connectivity index (χ3n) is 6.03. The number of carbonyl (C=O) groups is 1. The summed E-state index contributed by atoms with van der Waals surface area (Å²) in [6.45, 7) is 3.76. The number of ether oxygens (including phenoxy) is 3. The van der Waals surface area contributed by atoms with Crippen LogP contribution in [-0.4, -0.2) is 42.9 Å². The molecule has 206 valence electrons. The maximum Gasteiger partial charge on any atom is 0.276 e. The minimum Gasteiger partial charge on any atom is -0.493 e. The molecule has 0 atom stereocenters. The Hall–Kier alpha value is -4.99. The second-order valence-electron chi connectivity index (χ2n) is 8.80. The molecule has 4 aromatic rings. The third-order valence-corrected chi connectivity index (χ3v) is 6.03. The van der Waals surface area contributed by atoms with E-state index < -0.39 is 11.7 Å². The van der Waals surface area contributed by atoms with Crippen LogP contribution in [0.1, 0.15) is 23.6 Å². The van der Waals surface area contributed by atoms with E-state index in [0.29, 0.717) is 23.7 Å². The topological polar surface area (TPSA) is 121 Å². The van der Waals surface area contributed by atoms with Crippen LogP contribution in [0.5, 0.6) is 11.5 Å². The number of hydrogen-bond acceptors (Lipinski definition) is 8. The number of amides is 1. The van der Waals surface area contributed by atoms with Crippen molar-refractivity contribution in [3.63, 3.8) is 0 Å². The number of pyridine rings is 2. The Labute approximate surface area is 231 Å². The molecule has 9 nitrogen and oxygen atoms in total. The van der Waals surface area contributed by atoms with Crippen molar-refractivity contribution in [2.24, 2.45) is 10.7 Å². The maximum absolute atomic E-state index is 14.1. The van der Waals surface area contributed by atoms with E-state index in [2.05, 4.69) is 20.3 Å². The summed E-state index contributed by atoms with van der Waals surface area (Å²) in [5.41, 5.74) is 9.45. The Morgan fingerprint density at radius 3 is 2.52 bits per heavy atom. The molecule has 10 heteroatoms. The Morgan fingerprint density at radius 2 is 1.85 bits per heavy atom. The molecule has 3 N–H and O–H groups in total. The van der Waals surface area contributed by atoms with Crippen LogP contribution < -0.4 is 20.5 Å². The highest BCUT2D eigenvalue weighted by molar-refractivity contribution is 6.06. The van der Waals surface area contributed by atoms with Gasteiger partial charge < -0.3 is 25.3 Å². The second-order valence-corrected chi connectivity index (χ2v) is 8.80. The number of nitrogens with two attached hydrogens (primary N) is 1. The van der Waals surface area contributed by atoms with E-state index in [1.165, 1.54) is 18.3 Å². The van der Waals surface area contributed by atoms with E-state index in [0.717, 1.165) is 27.6 Å². The predicted molar refractivity (Wildman–Crippen MR) is 153 cm³/mol. The lowest BCUT2D eigenvalue weighted by Gasteiger charge is -2.12. The van der Waals surface area contributed by atoms with Crippen LogP contribution >= 0.6 is 0 Å². The number of aromatic nitrogens is 2. The molecule has 0 saturated heterocycles. The molecule has 0 aliphatic rings. The van der Waals surface area contributed by atoms with E-state index in [4.69, 9.17) is 19.9 Å². The number of rotatable bonds is 10. The minimum absolute atomic E-state index is 0.0215. The number of allylic oxidation sites excluding steroid dienone is 1. The Kier molecular flexibility index (Phi) is 8.90. The highest BCUT2D eigenvalue weighted by Gasteiger charge is 2.14. The van der Waals surface area contributed by atoms with Crippen molar-refractivity contribution in [1.29, 1.82) is 0 Å². The zero-order valence-corrected chi connectivity index (χ0v) is 22.7. The van der Waals surface area contributed by atoms with E-state index in [1.54, 1.807) is 52.6 Å². The normalized spacial score (nSPS) is 11.8. The van der Waals surface area contributed by atoms with Crippen LogP contribution in [0.4, 0.5) is 15.9 Å². The molecule has 40 heavy (non-hydrogen) atoms. The van der Waals surface area contributed by atoms with Crippen molar-refractivity contribution in [2.45, 2.75) is 20.3 Å². The van der Waals surface area contributed by atoms with Gasteiger partial charge in [0.05, 0.1) is 38.2 Å². The number of nitrogens with one attached hydrogen (secondary N) is 1. The van der Waals surface area contributed by atoms with Crippen molar-refractivity contribution in [2.75, 3.05) is 26.1 Å². The number of carbonyl (C=O) groups excluding carboxylic acids is 1. The van der Waals surface area contributed by atoms with Gasteiger partial charge in [0, 0.05) is 23.8 Å². The molecule has 0 spiro atoms. The first-order valence-electron chi connectivity index (χ1n) is 12.5. The number of nitrogens with zero attached hydrogens (tertiary/aromatic N) is 3. The molecule has 0 saturated carbocycles. The number of methoxy groups -OCH3 is 2. The fraction of sp³-hybridized carbons (Fsp3) is 0.200. The Bertz CT molecular complexity index is 1590. The first kappa shape index (κ1) is 28.0. The molecular weight excluding hydrogens is 513 g/mol. The molecule has 0 aliphatic carbocycles. The van der Waals surface area contributed by atoms with Crippen LogP contribution in [0.3, 0.4) is 0 Å². The fourth-order valence-corrected chi connectivity index (χ4v) is 3.99. The quantitative estimate of drug-likeness (QED) is 0.160. The molecule has 4 rings (SSSR count). The van der Waals surface area contributed by atoms with Crippen LogP contribution in [0.2, 0.25) is 0 Å². The lowest BCUT2D eigenvalue weighted by Crippen LogP contribution is -2.23. The van der Waals surface area contributed by atoms with Crippen molar-refractivity contribution < 1.29 is 23.4 Å². The van der Waals surface area contributed by atoms with Crippen molar-refractivity contribution >= 4 is 34.5 Å². The standard InChI is InChI=1S/C30H30FN5O4/c1-5-40-27(17-34-23-8-6-18(2)12-22(23)31)29(32)30(37)36-28-9-7-19(16-35-28)13-20-10-11-33-24-15-26(39-4)25(38-3)14-21(20)24/h6-12,14-17H,5,13,32H2,1-4H3,(H,35,36,37). The summed E-state index contributed by atoms with van der Waals surface area (Å²) in [5.74, 6) is 0.439. The Balaban J connectivity index is 1.50. The zero-order chi connectivity index (χ0) is 28.6. The van der Waals surface area contributed by atoms with Crippen LogP contribution in [0.25, 0.3) is 10.9 Å². The molecule has 0 bridgehead atoms. The number of halogens is 1. The first-order chi connectivity index (χ1) is 19.3. The number of hydrogen-bond donors (Lipinski definition) is 2. The summed E-state index contributed by atoms with van der Waals surface area (Å²) in [5, 5.41) is 3.59. The summed E-state index contributed by atoms with van der Waals surface area (Å²) >= 11 is 0. The van der Waals surface area contributed by atoms with Crippen molar-refractivity contribution in [3.05, 3.63) is 94.9 Å². The van der Waals surface area contributed by atoms with Gasteiger partial charge in [-0.3, -0.25) is 9.78 Å². The van der Waals surface area contributed by atoms with Crippen LogP contribution in [0.15, 0.2) is 77.4 Å². The average Bonchev–Trinajstić information content (AvgIpc) is 2.96. The number of anilines is 1. The number of aliphatic imine (C=N–C) groups is 1. The van der Waals surface area contributed by atoms with Crippen molar-refractivity contribution in [1.82, 2.24) is 9.97 Å². The highest BCUT2D eigenvalue weighted by atomic mass is 19.1. The van der Waals surface area contributed by atoms with Gasteiger partial charge >= 0.3 is 0 Å². The molecule has 2 aromatic carbocycles. The summed E-state index contributed by atoms with van der Waals surface area (Å²) in [6, 6.07) is 13.9. The lowest BCUT2D eigenvalue weighted by atomic mass is 10.0. The minimum atomic E-state index is -0.624. The largest absolute Gasteiger partial charge is 0.493 e. The van der Waals surface area contributed by atoms with Gasteiger partial charge in [-0.2, -0.15) is 0 Å². The van der Waals surface area contributed by atoms with Gasteiger partial charge in [-0.15, -0.1) is 0 Å². The Morgan fingerprint density at radius 1 is 1.07 bits per heavy atom. The molecule has 2 aromatic heterocycles. The monoisotopic (exact) mass is 543 g/mol.